The Morgan fingerprint density at radius 1 is 1.42 bits per heavy atom. The van der Waals surface area contributed by atoms with E-state index in [0.29, 0.717) is 18.0 Å². The fourth-order valence-corrected chi connectivity index (χ4v) is 1.92. The van der Waals surface area contributed by atoms with E-state index in [0.717, 1.165) is 0 Å². The maximum atomic E-state index is 12.1. The van der Waals surface area contributed by atoms with Crippen molar-refractivity contribution in [2.24, 2.45) is 5.92 Å². The molecule has 1 aromatic carbocycles. The Morgan fingerprint density at radius 3 is 2.79 bits per heavy atom. The quantitative estimate of drug-likeness (QED) is 0.891. The van der Waals surface area contributed by atoms with Gasteiger partial charge in [-0.2, -0.15) is 0 Å². The number of carbonyl (C=O) groups is 2. The molecule has 1 heterocycles. The van der Waals surface area contributed by atoms with Crippen molar-refractivity contribution >= 4 is 23.4 Å². The molecule has 5 heteroatoms. The van der Waals surface area contributed by atoms with Gasteiger partial charge in [-0.05, 0) is 25.0 Å². The van der Waals surface area contributed by atoms with Crippen LogP contribution in [0.3, 0.4) is 0 Å². The molecule has 5 nitrogen and oxygen atoms in total. The van der Waals surface area contributed by atoms with Crippen molar-refractivity contribution in [1.29, 1.82) is 0 Å². The van der Waals surface area contributed by atoms with Gasteiger partial charge in [0, 0.05) is 0 Å². The van der Waals surface area contributed by atoms with Gasteiger partial charge in [-0.1, -0.05) is 26.0 Å². The van der Waals surface area contributed by atoms with Gasteiger partial charge in [-0.25, -0.2) is 4.79 Å². The lowest BCUT2D eigenvalue weighted by molar-refractivity contribution is -0.117. The second-order valence-electron chi connectivity index (χ2n) is 5.02. The Balaban J connectivity index is 2.27. The number of nitrogens with zero attached hydrogens (tertiary/aromatic N) is 1. The van der Waals surface area contributed by atoms with Gasteiger partial charge >= 0.3 is 6.09 Å². The SMILES string of the molecule is CC(C)COC(=O)N1c2ccccc2NC(=O)[C@H]1C. The van der Waals surface area contributed by atoms with Gasteiger partial charge < -0.3 is 10.1 Å². The maximum Gasteiger partial charge on any atom is 0.415 e. The summed E-state index contributed by atoms with van der Waals surface area (Å²) in [6.07, 6.45) is -0.483. The number of nitrogens with one attached hydrogen (secondary N) is 1. The first kappa shape index (κ1) is 13.4. The van der Waals surface area contributed by atoms with Gasteiger partial charge in [-0.3, -0.25) is 9.69 Å². The molecule has 1 aromatic rings. The van der Waals surface area contributed by atoms with E-state index in [1.54, 1.807) is 19.1 Å². The minimum atomic E-state index is -0.574. The van der Waals surface area contributed by atoms with E-state index < -0.39 is 12.1 Å². The average molecular weight is 262 g/mol. The van der Waals surface area contributed by atoms with Gasteiger partial charge in [0.1, 0.15) is 6.04 Å². The van der Waals surface area contributed by atoms with E-state index in [1.807, 2.05) is 26.0 Å². The highest BCUT2D eigenvalue weighted by molar-refractivity contribution is 6.10. The summed E-state index contributed by atoms with van der Waals surface area (Å²) in [5.74, 6) is 0.0494. The fourth-order valence-electron chi connectivity index (χ4n) is 1.92. The van der Waals surface area contributed by atoms with Gasteiger partial charge in [0.25, 0.3) is 0 Å². The van der Waals surface area contributed by atoms with E-state index in [9.17, 15) is 9.59 Å². The second-order valence-corrected chi connectivity index (χ2v) is 5.02. The molecule has 1 atom stereocenters. The standard InChI is InChI=1S/C14H18N2O3/c1-9(2)8-19-14(18)16-10(3)13(17)15-11-6-4-5-7-12(11)16/h4-7,9-10H,8H2,1-3H3,(H,15,17)/t10-/m1/s1. The van der Waals surface area contributed by atoms with Crippen LogP contribution in [-0.2, 0) is 9.53 Å². The molecule has 0 aliphatic carbocycles. The summed E-state index contributed by atoms with van der Waals surface area (Å²) in [4.78, 5) is 25.4. The summed E-state index contributed by atoms with van der Waals surface area (Å²) < 4.78 is 5.23. The summed E-state index contributed by atoms with van der Waals surface area (Å²) in [5, 5.41) is 2.77. The van der Waals surface area contributed by atoms with Gasteiger partial charge in [-0.15, -0.1) is 0 Å². The maximum absolute atomic E-state index is 12.1. The van der Waals surface area contributed by atoms with Gasteiger partial charge in [0.05, 0.1) is 18.0 Å². The number of carbonyl (C=O) groups excluding carboxylic acids is 2. The third-order valence-corrected chi connectivity index (χ3v) is 2.93. The Kier molecular flexibility index (Phi) is 3.74. The van der Waals surface area contributed by atoms with Crippen molar-refractivity contribution in [3.63, 3.8) is 0 Å². The first-order chi connectivity index (χ1) is 9.00. The molecule has 0 radical (unpaired) electrons. The third kappa shape index (κ3) is 2.70. The van der Waals surface area contributed by atoms with Crippen molar-refractivity contribution in [2.75, 3.05) is 16.8 Å². The van der Waals surface area contributed by atoms with Crippen molar-refractivity contribution in [1.82, 2.24) is 0 Å². The normalized spacial score (nSPS) is 18.0. The lowest BCUT2D eigenvalue weighted by Gasteiger charge is -2.33. The minimum absolute atomic E-state index is 0.208. The summed E-state index contributed by atoms with van der Waals surface area (Å²) in [5.41, 5.74) is 1.30. The summed E-state index contributed by atoms with van der Waals surface area (Å²) in [7, 11) is 0. The number of hydrogen-bond donors (Lipinski definition) is 1. The topological polar surface area (TPSA) is 58.6 Å². The summed E-state index contributed by atoms with van der Waals surface area (Å²) >= 11 is 0. The lowest BCUT2D eigenvalue weighted by Crippen LogP contribution is -2.49. The Labute approximate surface area is 112 Å². The van der Waals surface area contributed by atoms with Gasteiger partial charge in [0.2, 0.25) is 5.91 Å². The van der Waals surface area contributed by atoms with Crippen molar-refractivity contribution in [2.45, 2.75) is 26.8 Å². The van der Waals surface area contributed by atoms with Crippen molar-refractivity contribution in [3.8, 4) is 0 Å². The number of para-hydroxylation sites is 2. The van der Waals surface area contributed by atoms with Crippen LogP contribution in [0.2, 0.25) is 0 Å². The molecule has 0 saturated carbocycles. The monoisotopic (exact) mass is 262 g/mol. The molecule has 1 aliphatic heterocycles. The first-order valence-electron chi connectivity index (χ1n) is 6.36. The highest BCUT2D eigenvalue weighted by Crippen LogP contribution is 2.32. The predicted molar refractivity (Wildman–Crippen MR) is 73.2 cm³/mol. The molecule has 0 aromatic heterocycles. The van der Waals surface area contributed by atoms with Crippen LogP contribution in [0.5, 0.6) is 0 Å². The molecule has 102 valence electrons. The zero-order chi connectivity index (χ0) is 14.0. The zero-order valence-electron chi connectivity index (χ0n) is 11.3. The number of ether oxygens (including phenoxy) is 1. The predicted octanol–water partition coefficient (Wildman–Crippen LogP) is 2.63. The van der Waals surface area contributed by atoms with Crippen LogP contribution in [0.25, 0.3) is 0 Å². The van der Waals surface area contributed by atoms with E-state index in [1.165, 1.54) is 4.90 Å². The third-order valence-electron chi connectivity index (χ3n) is 2.93. The molecule has 0 spiro atoms. The van der Waals surface area contributed by atoms with Crippen LogP contribution in [-0.4, -0.2) is 24.6 Å². The summed E-state index contributed by atoms with van der Waals surface area (Å²) in [6, 6.07) is 6.62. The molecular formula is C14H18N2O3. The number of fused-ring (bicyclic) bond motifs is 1. The van der Waals surface area contributed by atoms with E-state index in [4.69, 9.17) is 4.74 Å². The van der Waals surface area contributed by atoms with Crippen LogP contribution in [0.1, 0.15) is 20.8 Å². The molecule has 2 rings (SSSR count). The molecule has 0 saturated heterocycles. The highest BCUT2D eigenvalue weighted by atomic mass is 16.6. The number of anilines is 2. The van der Waals surface area contributed by atoms with Crippen molar-refractivity contribution in [3.05, 3.63) is 24.3 Å². The molecular weight excluding hydrogens is 244 g/mol. The second kappa shape index (κ2) is 5.30. The van der Waals surface area contributed by atoms with Gasteiger partial charge in [0.15, 0.2) is 0 Å². The van der Waals surface area contributed by atoms with Crippen LogP contribution >= 0.6 is 0 Å². The molecule has 19 heavy (non-hydrogen) atoms. The van der Waals surface area contributed by atoms with E-state index in [-0.39, 0.29) is 11.8 Å². The van der Waals surface area contributed by atoms with Crippen LogP contribution in [0.15, 0.2) is 24.3 Å². The highest BCUT2D eigenvalue weighted by Gasteiger charge is 2.34. The average Bonchev–Trinajstić information content (AvgIpc) is 2.37. The van der Waals surface area contributed by atoms with E-state index in [2.05, 4.69) is 5.32 Å². The largest absolute Gasteiger partial charge is 0.449 e. The molecule has 1 aliphatic rings. The molecule has 2 amide bonds. The first-order valence-corrected chi connectivity index (χ1v) is 6.36. The van der Waals surface area contributed by atoms with E-state index >= 15 is 0 Å². The number of amides is 2. The Morgan fingerprint density at radius 2 is 2.11 bits per heavy atom. The Bertz CT molecular complexity index is 499. The molecule has 0 bridgehead atoms. The molecule has 0 fully saturated rings. The van der Waals surface area contributed by atoms with Crippen molar-refractivity contribution < 1.29 is 14.3 Å². The minimum Gasteiger partial charge on any atom is -0.449 e. The number of rotatable bonds is 2. The lowest BCUT2D eigenvalue weighted by atomic mass is 10.1. The number of hydrogen-bond acceptors (Lipinski definition) is 3. The Hall–Kier alpha value is -2.04. The molecule has 0 unspecified atom stereocenters. The molecule has 1 N–H and O–H groups in total. The van der Waals surface area contributed by atoms with Crippen LogP contribution < -0.4 is 10.2 Å². The van der Waals surface area contributed by atoms with Crippen LogP contribution in [0.4, 0.5) is 16.2 Å². The zero-order valence-corrected chi connectivity index (χ0v) is 11.3. The van der Waals surface area contributed by atoms with Crippen LogP contribution in [0, 0.1) is 5.92 Å². The fraction of sp³-hybridized carbons (Fsp3) is 0.429. The summed E-state index contributed by atoms with van der Waals surface area (Å²) in [6.45, 7) is 5.95. The smallest absolute Gasteiger partial charge is 0.415 e. The number of benzene rings is 1.